The Labute approximate surface area is 211 Å². The Bertz CT molecular complexity index is 1320. The van der Waals surface area contributed by atoms with Crippen LogP contribution in [-0.4, -0.2) is 51.1 Å². The number of rotatable bonds is 7. The lowest BCUT2D eigenvalue weighted by Crippen LogP contribution is -2.55. The van der Waals surface area contributed by atoms with Gasteiger partial charge in [-0.05, 0) is 43.0 Å². The molecule has 2 N–H and O–H groups in total. The minimum absolute atomic E-state index is 0.107. The number of benzene rings is 2. The molecule has 186 valence electrons. The molecular weight excluding hydrogens is 450 g/mol. The van der Waals surface area contributed by atoms with Gasteiger partial charge in [-0.3, -0.25) is 9.69 Å². The number of nitrogens with one attached hydrogen (secondary N) is 2. The van der Waals surface area contributed by atoms with E-state index < -0.39 is 0 Å². The summed E-state index contributed by atoms with van der Waals surface area (Å²) in [6.45, 7) is 1.89. The molecule has 0 saturated carbocycles. The first-order valence-corrected chi connectivity index (χ1v) is 12.9. The van der Waals surface area contributed by atoms with Gasteiger partial charge in [-0.25, -0.2) is 4.98 Å². The van der Waals surface area contributed by atoms with Crippen molar-refractivity contribution in [3.05, 3.63) is 90.1 Å². The molecule has 7 nitrogen and oxygen atoms in total. The van der Waals surface area contributed by atoms with Crippen molar-refractivity contribution >= 4 is 16.9 Å². The molecule has 2 aromatic heterocycles. The molecule has 7 heteroatoms. The lowest BCUT2D eigenvalue weighted by Gasteiger charge is -2.50. The van der Waals surface area contributed by atoms with Crippen LogP contribution in [0.3, 0.4) is 0 Å². The van der Waals surface area contributed by atoms with E-state index in [0.717, 1.165) is 37.9 Å². The first-order valence-electron chi connectivity index (χ1n) is 12.9. The Balaban J connectivity index is 1.34. The zero-order chi connectivity index (χ0) is 24.5. The standard InChI is InChI=1S/C29H33N5O2/c1-36-29(35)27-18-23-22-10-5-6-11-24(22)32-28(23)26-17-21(31-12-7-14-33-15-13-30-19-33)16-25(34(26)27)20-8-3-2-4-9-20/h2-6,8-11,13,15,19,21,25-27,31-32H,7,12,14,16-18H2,1H3/t21-,25+,26-,27+/m1/s1. The number of para-hydroxylation sites is 1. The number of esters is 1. The Morgan fingerprint density at radius 3 is 2.72 bits per heavy atom. The van der Waals surface area contributed by atoms with Gasteiger partial charge in [0, 0.05) is 54.0 Å². The fraction of sp³-hybridized carbons (Fsp3) is 0.379. The molecule has 6 rings (SSSR count). The van der Waals surface area contributed by atoms with E-state index in [0.29, 0.717) is 12.5 Å². The average molecular weight is 484 g/mol. The summed E-state index contributed by atoms with van der Waals surface area (Å²) in [5, 5.41) is 5.06. The van der Waals surface area contributed by atoms with Crippen LogP contribution >= 0.6 is 0 Å². The number of H-pyrrole nitrogens is 1. The van der Waals surface area contributed by atoms with Crippen molar-refractivity contribution in [1.82, 2.24) is 24.8 Å². The molecule has 36 heavy (non-hydrogen) atoms. The third-order valence-electron chi connectivity index (χ3n) is 7.92. The summed E-state index contributed by atoms with van der Waals surface area (Å²) >= 11 is 0. The van der Waals surface area contributed by atoms with E-state index in [4.69, 9.17) is 4.74 Å². The quantitative estimate of drug-likeness (QED) is 0.301. The topological polar surface area (TPSA) is 75.2 Å². The minimum Gasteiger partial charge on any atom is -0.468 e. The molecule has 0 unspecified atom stereocenters. The van der Waals surface area contributed by atoms with Crippen LogP contribution in [0.1, 0.15) is 48.2 Å². The SMILES string of the molecule is COC(=O)[C@@H]1Cc2c([nH]c3ccccc23)[C@H]2C[C@H](NCCCn3ccnc3)C[C@@H](c3ccccc3)N21. The molecule has 0 bridgehead atoms. The van der Waals surface area contributed by atoms with Gasteiger partial charge < -0.3 is 19.6 Å². The second-order valence-corrected chi connectivity index (χ2v) is 9.97. The third kappa shape index (κ3) is 4.22. The molecule has 2 aliphatic rings. The smallest absolute Gasteiger partial charge is 0.323 e. The molecule has 4 atom stereocenters. The van der Waals surface area contributed by atoms with Gasteiger partial charge in [0.1, 0.15) is 6.04 Å². The predicted octanol–water partition coefficient (Wildman–Crippen LogP) is 4.39. The maximum atomic E-state index is 13.2. The van der Waals surface area contributed by atoms with E-state index in [1.54, 1.807) is 0 Å². The molecule has 2 aliphatic heterocycles. The fourth-order valence-electron chi connectivity index (χ4n) is 6.30. The molecule has 0 amide bonds. The van der Waals surface area contributed by atoms with Crippen LogP contribution in [0, 0.1) is 0 Å². The van der Waals surface area contributed by atoms with E-state index in [1.165, 1.54) is 29.3 Å². The summed E-state index contributed by atoms with van der Waals surface area (Å²) < 4.78 is 7.48. The maximum absolute atomic E-state index is 13.2. The van der Waals surface area contributed by atoms with Crippen LogP contribution in [-0.2, 0) is 22.5 Å². The van der Waals surface area contributed by atoms with Crippen molar-refractivity contribution in [2.45, 2.75) is 56.4 Å². The van der Waals surface area contributed by atoms with Crippen molar-refractivity contribution in [1.29, 1.82) is 0 Å². The van der Waals surface area contributed by atoms with E-state index >= 15 is 0 Å². The molecule has 4 aromatic rings. The summed E-state index contributed by atoms with van der Waals surface area (Å²) in [5.74, 6) is -0.149. The van der Waals surface area contributed by atoms with Crippen LogP contribution in [0.4, 0.5) is 0 Å². The Kier molecular flexibility index (Phi) is 6.34. The zero-order valence-electron chi connectivity index (χ0n) is 20.6. The van der Waals surface area contributed by atoms with E-state index in [-0.39, 0.29) is 24.1 Å². The molecule has 1 fully saturated rings. The van der Waals surface area contributed by atoms with Crippen LogP contribution in [0.25, 0.3) is 10.9 Å². The summed E-state index contributed by atoms with van der Waals surface area (Å²) in [5.41, 5.74) is 4.90. The van der Waals surface area contributed by atoms with Crippen molar-refractivity contribution in [2.75, 3.05) is 13.7 Å². The molecule has 4 heterocycles. The predicted molar refractivity (Wildman–Crippen MR) is 139 cm³/mol. The van der Waals surface area contributed by atoms with Crippen LogP contribution in [0.5, 0.6) is 0 Å². The number of methoxy groups -OCH3 is 1. The van der Waals surface area contributed by atoms with E-state index in [1.807, 2.05) is 18.7 Å². The normalized spacial score (nSPS) is 23.8. The molecular formula is C29H33N5O2. The lowest BCUT2D eigenvalue weighted by molar-refractivity contribution is -0.152. The molecule has 2 aromatic carbocycles. The van der Waals surface area contributed by atoms with Gasteiger partial charge in [0.2, 0.25) is 0 Å². The van der Waals surface area contributed by atoms with Crippen molar-refractivity contribution in [2.24, 2.45) is 0 Å². The molecule has 0 radical (unpaired) electrons. The number of hydrogen-bond donors (Lipinski definition) is 2. The third-order valence-corrected chi connectivity index (χ3v) is 7.92. The molecule has 0 aliphatic carbocycles. The number of aryl methyl sites for hydroxylation is 1. The number of carbonyl (C=O) groups excluding carboxylic acids is 1. The number of carbonyl (C=O) groups is 1. The lowest BCUT2D eigenvalue weighted by atomic mass is 9.79. The van der Waals surface area contributed by atoms with E-state index in [9.17, 15) is 4.79 Å². The number of nitrogens with zero attached hydrogens (tertiary/aromatic N) is 3. The van der Waals surface area contributed by atoms with Gasteiger partial charge in [0.05, 0.1) is 19.5 Å². The minimum atomic E-state index is -0.306. The monoisotopic (exact) mass is 483 g/mol. The van der Waals surface area contributed by atoms with E-state index in [2.05, 4.69) is 79.3 Å². The van der Waals surface area contributed by atoms with Crippen molar-refractivity contribution < 1.29 is 9.53 Å². The van der Waals surface area contributed by atoms with Crippen molar-refractivity contribution in [3.8, 4) is 0 Å². The number of imidazole rings is 1. The van der Waals surface area contributed by atoms with Crippen LogP contribution in [0.2, 0.25) is 0 Å². The number of piperidine rings is 1. The van der Waals surface area contributed by atoms with Crippen molar-refractivity contribution in [3.63, 3.8) is 0 Å². The second-order valence-electron chi connectivity index (χ2n) is 9.97. The Morgan fingerprint density at radius 2 is 1.92 bits per heavy atom. The summed E-state index contributed by atoms with van der Waals surface area (Å²) in [6, 6.07) is 19.3. The number of hydrogen-bond acceptors (Lipinski definition) is 5. The Hall–Kier alpha value is -3.42. The van der Waals surface area contributed by atoms with Gasteiger partial charge in [0.15, 0.2) is 0 Å². The highest BCUT2D eigenvalue weighted by Gasteiger charge is 2.48. The fourth-order valence-corrected chi connectivity index (χ4v) is 6.30. The first-order chi connectivity index (χ1) is 17.7. The number of aromatic amines is 1. The largest absolute Gasteiger partial charge is 0.468 e. The van der Waals surface area contributed by atoms with Gasteiger partial charge in [-0.1, -0.05) is 48.5 Å². The number of fused-ring (bicyclic) bond motifs is 5. The Morgan fingerprint density at radius 1 is 1.11 bits per heavy atom. The van der Waals surface area contributed by atoms with Gasteiger partial charge >= 0.3 is 5.97 Å². The van der Waals surface area contributed by atoms with Gasteiger partial charge in [-0.15, -0.1) is 0 Å². The number of ether oxygens (including phenoxy) is 1. The maximum Gasteiger partial charge on any atom is 0.323 e. The van der Waals surface area contributed by atoms with Gasteiger partial charge in [-0.2, -0.15) is 0 Å². The zero-order valence-corrected chi connectivity index (χ0v) is 20.6. The average Bonchev–Trinajstić information content (AvgIpc) is 3.58. The molecule has 1 saturated heterocycles. The summed E-state index contributed by atoms with van der Waals surface area (Å²) in [4.78, 5) is 23.5. The second kappa shape index (κ2) is 9.91. The number of aromatic nitrogens is 3. The summed E-state index contributed by atoms with van der Waals surface area (Å²) in [7, 11) is 1.51. The van der Waals surface area contributed by atoms with Gasteiger partial charge in [0.25, 0.3) is 0 Å². The molecule has 0 spiro atoms. The highest BCUT2D eigenvalue weighted by molar-refractivity contribution is 5.87. The highest BCUT2D eigenvalue weighted by Crippen LogP contribution is 2.48. The van der Waals surface area contributed by atoms with Crippen LogP contribution < -0.4 is 5.32 Å². The van der Waals surface area contributed by atoms with Crippen LogP contribution in [0.15, 0.2) is 73.3 Å². The highest BCUT2D eigenvalue weighted by atomic mass is 16.5. The first kappa shape index (κ1) is 23.0. The summed E-state index contributed by atoms with van der Waals surface area (Å²) in [6.07, 6.45) is 9.31.